The average Bonchev–Trinajstić information content (AvgIpc) is 3.04. The van der Waals surface area contributed by atoms with E-state index in [-0.39, 0.29) is 10.9 Å². The first kappa shape index (κ1) is 16.1. The van der Waals surface area contributed by atoms with Gasteiger partial charge in [0.25, 0.3) is 5.91 Å². The number of thioether (sulfide) groups is 2. The topological polar surface area (TPSA) is 29.1 Å². The van der Waals surface area contributed by atoms with E-state index < -0.39 is 0 Å². The minimum Gasteiger partial charge on any atom is -0.322 e. The van der Waals surface area contributed by atoms with Crippen LogP contribution in [0, 0.1) is 0 Å². The van der Waals surface area contributed by atoms with Gasteiger partial charge in [-0.3, -0.25) is 4.79 Å². The van der Waals surface area contributed by atoms with Crippen LogP contribution in [0.25, 0.3) is 0 Å². The summed E-state index contributed by atoms with van der Waals surface area (Å²) in [4.78, 5) is 12.4. The van der Waals surface area contributed by atoms with E-state index >= 15 is 0 Å². The van der Waals surface area contributed by atoms with Crippen LogP contribution in [0.3, 0.4) is 0 Å². The maximum Gasteiger partial charge on any atom is 0.257 e. The molecule has 0 aliphatic carbocycles. The Hall–Kier alpha value is -0.810. The number of carbonyl (C=O) groups is 1. The van der Waals surface area contributed by atoms with Gasteiger partial charge in [-0.05, 0) is 29.8 Å². The fourth-order valence-electron chi connectivity index (χ4n) is 2.19. The predicted molar refractivity (Wildman–Crippen MR) is 98.5 cm³/mol. The normalized spacial score (nSPS) is 15.0. The Morgan fingerprint density at radius 2 is 1.82 bits per heavy atom. The lowest BCUT2D eigenvalue weighted by atomic mass is 10.2. The smallest absolute Gasteiger partial charge is 0.257 e. The van der Waals surface area contributed by atoms with Crippen LogP contribution in [-0.2, 0) is 0 Å². The van der Waals surface area contributed by atoms with Crippen LogP contribution in [0.4, 0.5) is 5.69 Å². The lowest BCUT2D eigenvalue weighted by Crippen LogP contribution is -2.12. The molecular formula is C16H13Cl2NOS2. The minimum absolute atomic E-state index is 0.253. The van der Waals surface area contributed by atoms with Crippen molar-refractivity contribution >= 4 is 58.3 Å². The van der Waals surface area contributed by atoms with Crippen molar-refractivity contribution < 1.29 is 4.79 Å². The van der Waals surface area contributed by atoms with Crippen LogP contribution in [0.2, 0.25) is 10.0 Å². The molecule has 1 heterocycles. The molecule has 2 nitrogen and oxygen atoms in total. The Labute approximate surface area is 148 Å². The zero-order chi connectivity index (χ0) is 15.5. The van der Waals surface area contributed by atoms with Crippen molar-refractivity contribution in [2.45, 2.75) is 4.58 Å². The van der Waals surface area contributed by atoms with Gasteiger partial charge in [-0.15, -0.1) is 23.5 Å². The van der Waals surface area contributed by atoms with Crippen molar-refractivity contribution in [3.63, 3.8) is 0 Å². The average molecular weight is 370 g/mol. The highest BCUT2D eigenvalue weighted by Gasteiger charge is 2.19. The monoisotopic (exact) mass is 369 g/mol. The predicted octanol–water partition coefficient (Wildman–Crippen LogP) is 5.72. The second kappa shape index (κ2) is 7.18. The number of amides is 1. The lowest BCUT2D eigenvalue weighted by Gasteiger charge is -2.12. The Kier molecular flexibility index (Phi) is 5.24. The Balaban J connectivity index is 1.79. The maximum absolute atomic E-state index is 12.4. The van der Waals surface area contributed by atoms with Crippen molar-refractivity contribution in [3.05, 3.63) is 63.6 Å². The summed E-state index contributed by atoms with van der Waals surface area (Å²) in [7, 11) is 0. The molecule has 1 amide bonds. The van der Waals surface area contributed by atoms with Crippen LogP contribution in [0.15, 0.2) is 42.5 Å². The molecule has 0 spiro atoms. The zero-order valence-corrected chi connectivity index (χ0v) is 14.7. The van der Waals surface area contributed by atoms with Crippen LogP contribution in [-0.4, -0.2) is 17.4 Å². The van der Waals surface area contributed by atoms with E-state index in [1.807, 2.05) is 41.7 Å². The molecule has 0 saturated carbocycles. The van der Waals surface area contributed by atoms with Gasteiger partial charge in [-0.25, -0.2) is 0 Å². The van der Waals surface area contributed by atoms with Gasteiger partial charge in [-0.2, -0.15) is 0 Å². The number of carbonyl (C=O) groups excluding carboxylic acids is 1. The van der Waals surface area contributed by atoms with Crippen molar-refractivity contribution in [2.75, 3.05) is 16.8 Å². The van der Waals surface area contributed by atoms with Gasteiger partial charge < -0.3 is 5.32 Å². The molecule has 114 valence electrons. The van der Waals surface area contributed by atoms with E-state index in [0.717, 1.165) is 5.69 Å². The SMILES string of the molecule is O=C(Nc1cccc(C2SCCS2)c1)c1cccc(Cl)c1Cl. The van der Waals surface area contributed by atoms with Crippen LogP contribution >= 0.6 is 46.7 Å². The number of hydrogen-bond acceptors (Lipinski definition) is 3. The lowest BCUT2D eigenvalue weighted by molar-refractivity contribution is 0.102. The van der Waals surface area contributed by atoms with Crippen LogP contribution in [0.5, 0.6) is 0 Å². The summed E-state index contributed by atoms with van der Waals surface area (Å²) in [5.41, 5.74) is 2.37. The Morgan fingerprint density at radius 1 is 1.09 bits per heavy atom. The third kappa shape index (κ3) is 3.57. The van der Waals surface area contributed by atoms with E-state index in [2.05, 4.69) is 11.4 Å². The summed E-state index contributed by atoms with van der Waals surface area (Å²) in [6.45, 7) is 0. The van der Waals surface area contributed by atoms with Gasteiger partial charge in [0.15, 0.2) is 0 Å². The maximum atomic E-state index is 12.4. The quantitative estimate of drug-likeness (QED) is 0.749. The fourth-order valence-corrected chi connectivity index (χ4v) is 5.42. The molecule has 0 radical (unpaired) electrons. The molecule has 1 saturated heterocycles. The van der Waals surface area contributed by atoms with Crippen LogP contribution < -0.4 is 5.32 Å². The van der Waals surface area contributed by atoms with E-state index in [1.54, 1.807) is 18.2 Å². The largest absolute Gasteiger partial charge is 0.322 e. The highest BCUT2D eigenvalue weighted by Crippen LogP contribution is 2.45. The van der Waals surface area contributed by atoms with Gasteiger partial charge in [0, 0.05) is 17.2 Å². The fraction of sp³-hybridized carbons (Fsp3) is 0.188. The van der Waals surface area contributed by atoms with E-state index in [4.69, 9.17) is 23.2 Å². The summed E-state index contributed by atoms with van der Waals surface area (Å²) in [5, 5.41) is 3.54. The summed E-state index contributed by atoms with van der Waals surface area (Å²) in [6, 6.07) is 13.0. The molecule has 1 N–H and O–H groups in total. The Morgan fingerprint density at radius 3 is 2.59 bits per heavy atom. The summed E-state index contributed by atoms with van der Waals surface area (Å²) < 4.78 is 0.451. The first-order valence-electron chi connectivity index (χ1n) is 6.73. The third-order valence-corrected chi connectivity index (χ3v) is 7.16. The number of anilines is 1. The molecule has 2 aromatic carbocycles. The van der Waals surface area contributed by atoms with Gasteiger partial charge >= 0.3 is 0 Å². The summed E-state index contributed by atoms with van der Waals surface area (Å²) >= 11 is 15.9. The number of hydrogen-bond donors (Lipinski definition) is 1. The first-order valence-corrected chi connectivity index (χ1v) is 9.59. The van der Waals surface area contributed by atoms with Gasteiger partial charge in [0.2, 0.25) is 0 Å². The molecule has 6 heteroatoms. The molecule has 1 fully saturated rings. The standard InChI is InChI=1S/C16H13Cl2NOS2/c17-13-6-2-5-12(14(13)18)15(20)19-11-4-1-3-10(9-11)16-21-7-8-22-16/h1-6,9,16H,7-8H2,(H,19,20). The highest BCUT2D eigenvalue weighted by atomic mass is 35.5. The number of rotatable bonds is 3. The molecular weight excluding hydrogens is 357 g/mol. The molecule has 0 atom stereocenters. The second-order valence-electron chi connectivity index (χ2n) is 4.75. The van der Waals surface area contributed by atoms with Gasteiger partial charge in [-0.1, -0.05) is 41.4 Å². The Bertz CT molecular complexity index is 702. The highest BCUT2D eigenvalue weighted by molar-refractivity contribution is 8.19. The molecule has 3 rings (SSSR count). The van der Waals surface area contributed by atoms with Crippen molar-refractivity contribution in [1.82, 2.24) is 0 Å². The number of nitrogens with one attached hydrogen (secondary N) is 1. The molecule has 0 unspecified atom stereocenters. The van der Waals surface area contributed by atoms with E-state index in [0.29, 0.717) is 15.2 Å². The molecule has 1 aliphatic rings. The van der Waals surface area contributed by atoms with E-state index in [9.17, 15) is 4.79 Å². The molecule has 1 aliphatic heterocycles. The van der Waals surface area contributed by atoms with E-state index in [1.165, 1.54) is 17.1 Å². The summed E-state index contributed by atoms with van der Waals surface area (Å²) in [6.07, 6.45) is 0. The van der Waals surface area contributed by atoms with Gasteiger partial charge in [0.05, 0.1) is 20.2 Å². The molecule has 2 aromatic rings. The van der Waals surface area contributed by atoms with Crippen molar-refractivity contribution in [3.8, 4) is 0 Å². The molecule has 0 aromatic heterocycles. The second-order valence-corrected chi connectivity index (χ2v) is 8.26. The number of halogens is 2. The zero-order valence-electron chi connectivity index (χ0n) is 11.5. The van der Waals surface area contributed by atoms with Crippen molar-refractivity contribution in [1.29, 1.82) is 0 Å². The minimum atomic E-state index is -0.253. The summed E-state index contributed by atoms with van der Waals surface area (Å²) in [5.74, 6) is 2.09. The molecule has 0 bridgehead atoms. The number of benzene rings is 2. The van der Waals surface area contributed by atoms with Crippen molar-refractivity contribution in [2.24, 2.45) is 0 Å². The first-order chi connectivity index (χ1) is 10.6. The van der Waals surface area contributed by atoms with Gasteiger partial charge in [0.1, 0.15) is 0 Å². The van der Waals surface area contributed by atoms with Crippen LogP contribution in [0.1, 0.15) is 20.5 Å². The third-order valence-electron chi connectivity index (χ3n) is 3.23. The molecule has 22 heavy (non-hydrogen) atoms.